The molecule has 1 aliphatic rings. The van der Waals surface area contributed by atoms with Crippen molar-refractivity contribution in [2.45, 2.75) is 12.5 Å². The van der Waals surface area contributed by atoms with E-state index < -0.39 is 0 Å². The maximum atomic E-state index is 12.7. The summed E-state index contributed by atoms with van der Waals surface area (Å²) in [4.78, 5) is 13.4. The van der Waals surface area contributed by atoms with Gasteiger partial charge in [-0.1, -0.05) is 6.07 Å². The van der Waals surface area contributed by atoms with Gasteiger partial charge in [0.1, 0.15) is 23.3 Å². The molecule has 0 saturated heterocycles. The van der Waals surface area contributed by atoms with Gasteiger partial charge >= 0.3 is 0 Å². The lowest BCUT2D eigenvalue weighted by Gasteiger charge is -2.18. The summed E-state index contributed by atoms with van der Waals surface area (Å²) in [5.74, 6) is 1.08. The maximum Gasteiger partial charge on any atom is 0.284 e. The molecule has 0 unspecified atom stereocenters. The number of thiophene rings is 1. The van der Waals surface area contributed by atoms with Gasteiger partial charge in [0.25, 0.3) is 5.91 Å². The number of hydrogen-bond donors (Lipinski definition) is 0. The van der Waals surface area contributed by atoms with Gasteiger partial charge in [0.05, 0.1) is 11.1 Å². The Kier molecular flexibility index (Phi) is 3.55. The van der Waals surface area contributed by atoms with E-state index in [2.05, 4.69) is 5.10 Å². The Hall–Kier alpha value is -2.31. The van der Waals surface area contributed by atoms with E-state index >= 15 is 0 Å². The summed E-state index contributed by atoms with van der Waals surface area (Å²) in [5.41, 5.74) is 0.706. The van der Waals surface area contributed by atoms with E-state index in [1.807, 2.05) is 17.5 Å². The molecule has 3 aromatic heterocycles. The number of nitrogens with zero attached hydrogens (tertiary/aromatic N) is 2. The van der Waals surface area contributed by atoms with E-state index in [1.54, 1.807) is 30.5 Å². The van der Waals surface area contributed by atoms with Gasteiger partial charge in [-0.2, -0.15) is 5.10 Å². The van der Waals surface area contributed by atoms with Crippen LogP contribution in [-0.4, -0.2) is 16.6 Å². The number of halogens is 1. The smallest absolute Gasteiger partial charge is 0.284 e. The number of carbonyl (C=O) groups excluding carboxylic acids is 1. The predicted octanol–water partition coefficient (Wildman–Crippen LogP) is 4.58. The molecule has 0 aromatic carbocycles. The van der Waals surface area contributed by atoms with Crippen molar-refractivity contribution in [1.82, 2.24) is 5.01 Å². The van der Waals surface area contributed by atoms with Crippen molar-refractivity contribution in [2.24, 2.45) is 5.10 Å². The molecule has 0 fully saturated rings. The van der Waals surface area contributed by atoms with Crippen molar-refractivity contribution in [2.75, 3.05) is 0 Å². The van der Waals surface area contributed by atoms with Crippen LogP contribution in [0, 0.1) is 0 Å². The van der Waals surface area contributed by atoms with Crippen molar-refractivity contribution in [1.29, 1.82) is 0 Å². The van der Waals surface area contributed by atoms with Crippen LogP contribution in [0.1, 0.15) is 33.7 Å². The summed E-state index contributed by atoms with van der Waals surface area (Å²) >= 11 is 7.26. The minimum absolute atomic E-state index is 0.168. The Morgan fingerprint density at radius 2 is 2.22 bits per heavy atom. The number of amides is 1. The molecule has 0 aliphatic carbocycles. The summed E-state index contributed by atoms with van der Waals surface area (Å²) in [6, 6.07) is 10.3. The van der Waals surface area contributed by atoms with Crippen molar-refractivity contribution < 1.29 is 13.6 Å². The highest BCUT2D eigenvalue weighted by molar-refractivity contribution is 7.12. The molecule has 1 amide bonds. The molecule has 5 nitrogen and oxygen atoms in total. The van der Waals surface area contributed by atoms with Crippen LogP contribution in [0.4, 0.5) is 0 Å². The summed E-state index contributed by atoms with van der Waals surface area (Å²) in [5, 5.41) is 8.05. The molecule has 0 N–H and O–H groups in total. The quantitative estimate of drug-likeness (QED) is 0.697. The van der Waals surface area contributed by atoms with Crippen molar-refractivity contribution in [3.63, 3.8) is 0 Å². The molecule has 7 heteroatoms. The second-order valence-electron chi connectivity index (χ2n) is 5.01. The van der Waals surface area contributed by atoms with E-state index in [9.17, 15) is 4.79 Å². The average Bonchev–Trinajstić information content (AvgIpc) is 3.31. The van der Waals surface area contributed by atoms with Gasteiger partial charge in [0.2, 0.25) is 0 Å². The van der Waals surface area contributed by atoms with Crippen LogP contribution in [0.2, 0.25) is 5.22 Å². The number of hydrogen-bond acceptors (Lipinski definition) is 5. The van der Waals surface area contributed by atoms with E-state index in [4.69, 9.17) is 20.4 Å². The van der Waals surface area contributed by atoms with E-state index in [0.29, 0.717) is 28.5 Å². The van der Waals surface area contributed by atoms with Crippen LogP contribution < -0.4 is 0 Å². The van der Waals surface area contributed by atoms with Gasteiger partial charge in [-0.25, -0.2) is 5.01 Å². The zero-order valence-electron chi connectivity index (χ0n) is 11.8. The first-order chi connectivity index (χ1) is 11.2. The van der Waals surface area contributed by atoms with E-state index in [-0.39, 0.29) is 17.2 Å². The molecule has 0 saturated carbocycles. The molecule has 1 aliphatic heterocycles. The Balaban J connectivity index is 1.72. The zero-order chi connectivity index (χ0) is 15.8. The Bertz CT molecular complexity index is 852. The topological polar surface area (TPSA) is 59.0 Å². The summed E-state index contributed by atoms with van der Waals surface area (Å²) < 4.78 is 10.9. The molecular formula is C16H11ClN2O3S. The summed E-state index contributed by atoms with van der Waals surface area (Å²) in [6.07, 6.45) is 2.09. The van der Waals surface area contributed by atoms with Gasteiger partial charge in [0, 0.05) is 6.42 Å². The van der Waals surface area contributed by atoms with Crippen molar-refractivity contribution >= 4 is 34.6 Å². The summed E-state index contributed by atoms with van der Waals surface area (Å²) in [6.45, 7) is 0. The third kappa shape index (κ3) is 2.60. The van der Waals surface area contributed by atoms with Crippen LogP contribution in [0.3, 0.4) is 0 Å². The molecule has 0 radical (unpaired) electrons. The minimum atomic E-state index is -0.336. The highest BCUT2D eigenvalue weighted by atomic mass is 35.5. The minimum Gasteiger partial charge on any atom is -0.463 e. The van der Waals surface area contributed by atoms with Crippen LogP contribution in [-0.2, 0) is 0 Å². The Morgan fingerprint density at radius 1 is 1.30 bits per heavy atom. The first kappa shape index (κ1) is 14.3. The van der Waals surface area contributed by atoms with E-state index in [0.717, 1.165) is 0 Å². The standard InChI is InChI=1S/C16H11ClN2O3S/c17-15-6-5-13(22-15)11-9-10(12-3-1-7-21-12)18-19(11)16(20)14-4-2-8-23-14/h1-8,11H,9H2/t11-/m1/s1. The molecule has 0 spiro atoms. The molecule has 116 valence electrons. The second-order valence-corrected chi connectivity index (χ2v) is 6.33. The highest BCUT2D eigenvalue weighted by Crippen LogP contribution is 2.36. The van der Waals surface area contributed by atoms with Crippen LogP contribution in [0.25, 0.3) is 0 Å². The lowest BCUT2D eigenvalue weighted by Crippen LogP contribution is -2.26. The molecule has 1 atom stereocenters. The van der Waals surface area contributed by atoms with Crippen LogP contribution in [0.15, 0.2) is 62.0 Å². The van der Waals surface area contributed by atoms with Crippen LogP contribution in [0.5, 0.6) is 0 Å². The van der Waals surface area contributed by atoms with Crippen molar-refractivity contribution in [3.8, 4) is 0 Å². The molecule has 0 bridgehead atoms. The molecule has 4 rings (SSSR count). The highest BCUT2D eigenvalue weighted by Gasteiger charge is 2.36. The van der Waals surface area contributed by atoms with Crippen LogP contribution >= 0.6 is 22.9 Å². The normalized spacial score (nSPS) is 17.5. The number of hydrazone groups is 1. The van der Waals surface area contributed by atoms with Gasteiger partial charge in [-0.15, -0.1) is 11.3 Å². The van der Waals surface area contributed by atoms with Crippen molar-refractivity contribution in [3.05, 3.63) is 69.7 Å². The number of furan rings is 2. The largest absolute Gasteiger partial charge is 0.463 e. The fourth-order valence-corrected chi connectivity index (χ4v) is 3.34. The monoisotopic (exact) mass is 346 g/mol. The Labute approximate surface area is 140 Å². The number of carbonyl (C=O) groups is 1. The third-order valence-electron chi connectivity index (χ3n) is 3.58. The first-order valence-electron chi connectivity index (χ1n) is 6.96. The third-order valence-corrected chi connectivity index (χ3v) is 4.64. The fraction of sp³-hybridized carbons (Fsp3) is 0.125. The average molecular weight is 347 g/mol. The van der Waals surface area contributed by atoms with E-state index in [1.165, 1.54) is 16.3 Å². The van der Waals surface area contributed by atoms with Gasteiger partial charge in [-0.05, 0) is 47.3 Å². The molecular weight excluding hydrogens is 336 g/mol. The van der Waals surface area contributed by atoms with Gasteiger partial charge in [0.15, 0.2) is 5.22 Å². The summed E-state index contributed by atoms with van der Waals surface area (Å²) in [7, 11) is 0. The lowest BCUT2D eigenvalue weighted by atomic mass is 10.1. The van der Waals surface area contributed by atoms with Gasteiger partial charge < -0.3 is 8.83 Å². The predicted molar refractivity (Wildman–Crippen MR) is 86.8 cm³/mol. The second kappa shape index (κ2) is 5.72. The fourth-order valence-electron chi connectivity index (χ4n) is 2.53. The van der Waals surface area contributed by atoms with Gasteiger partial charge in [-0.3, -0.25) is 4.79 Å². The molecule has 23 heavy (non-hydrogen) atoms. The molecule has 3 aromatic rings. The Morgan fingerprint density at radius 3 is 2.87 bits per heavy atom. The maximum absolute atomic E-state index is 12.7. The lowest BCUT2D eigenvalue weighted by molar-refractivity contribution is 0.0698. The SMILES string of the molecule is O=C(c1cccs1)N1N=C(c2ccco2)C[C@@H]1c1ccc(Cl)o1. The number of rotatable bonds is 3. The zero-order valence-corrected chi connectivity index (χ0v) is 13.4. The first-order valence-corrected chi connectivity index (χ1v) is 8.22. The molecule has 4 heterocycles.